The van der Waals surface area contributed by atoms with Crippen molar-refractivity contribution >= 4 is 23.0 Å². The second-order valence-corrected chi connectivity index (χ2v) is 11.2. The Morgan fingerprint density at radius 3 is 2.62 bits per heavy atom. The molecule has 4 atom stereocenters. The van der Waals surface area contributed by atoms with Crippen LogP contribution in [0.5, 0.6) is 5.75 Å². The number of nitrogens with one attached hydrogen (secondary N) is 1. The van der Waals surface area contributed by atoms with Gasteiger partial charge in [0.2, 0.25) is 0 Å². The number of fused-ring (bicyclic) bond motifs is 5. The average Bonchev–Trinajstić information content (AvgIpc) is 3.29. The van der Waals surface area contributed by atoms with Gasteiger partial charge in [-0.2, -0.15) is 0 Å². The number of ether oxygens (including phenoxy) is 1. The van der Waals surface area contributed by atoms with E-state index in [0.717, 1.165) is 30.0 Å². The summed E-state index contributed by atoms with van der Waals surface area (Å²) in [7, 11) is 3.63. The highest BCUT2D eigenvalue weighted by Crippen LogP contribution is 2.63. The van der Waals surface area contributed by atoms with Crippen molar-refractivity contribution in [2.75, 3.05) is 24.4 Å². The molecule has 3 aliphatic carbocycles. The SMILES string of the molecule is COc1ccc2c(c1)CC[C@@H]1[C@@H]2CC[C@]2(C)C(c3ccccc3N(C)C(=O)Nc3ccccc3)=CC[C@@H]12. The molecule has 6 rings (SSSR count). The minimum absolute atomic E-state index is 0.123. The first-order valence-electron chi connectivity index (χ1n) is 13.6. The summed E-state index contributed by atoms with van der Waals surface area (Å²) in [5, 5.41) is 3.04. The van der Waals surface area contributed by atoms with Gasteiger partial charge in [0.05, 0.1) is 12.8 Å². The molecular formula is C33H36N2O2. The van der Waals surface area contributed by atoms with Crippen LogP contribution in [0.1, 0.15) is 55.2 Å². The van der Waals surface area contributed by atoms with Gasteiger partial charge in [-0.05, 0) is 102 Å². The monoisotopic (exact) mass is 492 g/mol. The van der Waals surface area contributed by atoms with Gasteiger partial charge in [-0.25, -0.2) is 4.79 Å². The van der Waals surface area contributed by atoms with Crippen molar-refractivity contribution < 1.29 is 9.53 Å². The molecule has 4 heteroatoms. The Bertz CT molecular complexity index is 1350. The second kappa shape index (κ2) is 9.41. The lowest BCUT2D eigenvalue weighted by molar-refractivity contribution is 0.0885. The first-order chi connectivity index (χ1) is 18.0. The quantitative estimate of drug-likeness (QED) is 0.402. The van der Waals surface area contributed by atoms with Crippen LogP contribution in [0.3, 0.4) is 0 Å². The highest BCUT2D eigenvalue weighted by atomic mass is 16.5. The molecule has 37 heavy (non-hydrogen) atoms. The summed E-state index contributed by atoms with van der Waals surface area (Å²) >= 11 is 0. The van der Waals surface area contributed by atoms with Crippen molar-refractivity contribution in [2.45, 2.75) is 44.9 Å². The van der Waals surface area contributed by atoms with E-state index in [4.69, 9.17) is 4.74 Å². The van der Waals surface area contributed by atoms with Crippen LogP contribution in [0.2, 0.25) is 0 Å². The molecule has 2 amide bonds. The molecular weight excluding hydrogens is 456 g/mol. The lowest BCUT2D eigenvalue weighted by Crippen LogP contribution is -2.41. The van der Waals surface area contributed by atoms with Crippen molar-refractivity contribution in [2.24, 2.45) is 17.3 Å². The second-order valence-electron chi connectivity index (χ2n) is 11.2. The number of amides is 2. The molecule has 0 saturated heterocycles. The molecule has 0 heterocycles. The van der Waals surface area contributed by atoms with Gasteiger partial charge < -0.3 is 10.1 Å². The molecule has 3 aromatic rings. The predicted octanol–water partition coefficient (Wildman–Crippen LogP) is 7.91. The number of rotatable bonds is 4. The van der Waals surface area contributed by atoms with Gasteiger partial charge in [-0.15, -0.1) is 0 Å². The Labute approximate surface area is 220 Å². The summed E-state index contributed by atoms with van der Waals surface area (Å²) < 4.78 is 5.50. The van der Waals surface area contributed by atoms with Crippen molar-refractivity contribution in [3.63, 3.8) is 0 Å². The van der Waals surface area contributed by atoms with Gasteiger partial charge in [0.15, 0.2) is 0 Å². The summed E-state index contributed by atoms with van der Waals surface area (Å²) in [5.41, 5.74) is 7.53. The Hall–Kier alpha value is -3.53. The van der Waals surface area contributed by atoms with Crippen molar-refractivity contribution in [1.82, 2.24) is 0 Å². The number of anilines is 2. The number of hydrogen-bond acceptors (Lipinski definition) is 2. The summed E-state index contributed by atoms with van der Waals surface area (Å²) in [6, 6.07) is 24.7. The summed E-state index contributed by atoms with van der Waals surface area (Å²) in [6.07, 6.45) is 8.36. The molecule has 190 valence electrons. The molecule has 3 aromatic carbocycles. The lowest BCUT2D eigenvalue weighted by atomic mass is 9.54. The van der Waals surface area contributed by atoms with E-state index >= 15 is 0 Å². The van der Waals surface area contributed by atoms with Crippen molar-refractivity contribution in [3.05, 3.63) is 95.6 Å². The highest BCUT2D eigenvalue weighted by Gasteiger charge is 2.52. The topological polar surface area (TPSA) is 41.6 Å². The molecule has 3 aliphatic rings. The van der Waals surface area contributed by atoms with E-state index in [2.05, 4.69) is 54.7 Å². The number of urea groups is 1. The number of carbonyl (C=O) groups excluding carboxylic acids is 1. The van der Waals surface area contributed by atoms with Crippen LogP contribution in [0.4, 0.5) is 16.2 Å². The van der Waals surface area contributed by atoms with Gasteiger partial charge in [-0.1, -0.05) is 55.5 Å². The maximum absolute atomic E-state index is 13.2. The first kappa shape index (κ1) is 23.8. The predicted molar refractivity (Wildman–Crippen MR) is 151 cm³/mol. The van der Waals surface area contributed by atoms with Crippen LogP contribution in [0, 0.1) is 17.3 Å². The number of nitrogens with zero attached hydrogens (tertiary/aromatic N) is 1. The van der Waals surface area contributed by atoms with E-state index < -0.39 is 0 Å². The fourth-order valence-electron chi connectivity index (χ4n) is 7.50. The van der Waals surface area contributed by atoms with Gasteiger partial charge in [0, 0.05) is 18.3 Å². The number of benzene rings is 3. The van der Waals surface area contributed by atoms with E-state index in [1.807, 2.05) is 43.4 Å². The van der Waals surface area contributed by atoms with Crippen molar-refractivity contribution in [1.29, 1.82) is 0 Å². The Balaban J connectivity index is 1.27. The van der Waals surface area contributed by atoms with Crippen molar-refractivity contribution in [3.8, 4) is 5.75 Å². The maximum Gasteiger partial charge on any atom is 0.326 e. The lowest BCUT2D eigenvalue weighted by Gasteiger charge is -2.50. The van der Waals surface area contributed by atoms with Crippen LogP contribution in [-0.2, 0) is 6.42 Å². The summed E-state index contributed by atoms with van der Waals surface area (Å²) in [5.74, 6) is 2.93. The molecule has 1 saturated carbocycles. The van der Waals surface area contributed by atoms with E-state index in [1.165, 1.54) is 36.0 Å². The third kappa shape index (κ3) is 4.03. The summed E-state index contributed by atoms with van der Waals surface area (Å²) in [6.45, 7) is 2.48. The minimum atomic E-state index is -0.123. The number of carbonyl (C=O) groups is 1. The number of allylic oxidation sites excluding steroid dienone is 2. The normalized spacial score (nSPS) is 25.8. The Morgan fingerprint density at radius 2 is 1.81 bits per heavy atom. The Kier molecular flexibility index (Phi) is 6.06. The standard InChI is InChI=1S/C33H36N2O2/c1-33-20-19-26-25-16-14-24(37-3)21-22(25)13-15-27(26)29(33)17-18-30(33)28-11-7-8-12-31(28)35(2)32(36)34-23-9-5-4-6-10-23/h4-12,14,16,18,21,26-27,29H,13,15,17,19-20H2,1-3H3,(H,34,36)/t26-,27-,29+,33+/m1/s1. The van der Waals surface area contributed by atoms with E-state index in [0.29, 0.717) is 17.8 Å². The number of aryl methyl sites for hydroxylation is 1. The van der Waals surface area contributed by atoms with Gasteiger partial charge >= 0.3 is 6.03 Å². The molecule has 1 fully saturated rings. The van der Waals surface area contributed by atoms with Crippen LogP contribution in [0.15, 0.2) is 78.9 Å². The highest BCUT2D eigenvalue weighted by molar-refractivity contribution is 6.03. The first-order valence-corrected chi connectivity index (χ1v) is 13.6. The molecule has 1 N–H and O–H groups in total. The maximum atomic E-state index is 13.2. The fourth-order valence-corrected chi connectivity index (χ4v) is 7.50. The number of hydrogen-bond donors (Lipinski definition) is 1. The van der Waals surface area contributed by atoms with E-state index in [-0.39, 0.29) is 11.4 Å². The smallest absolute Gasteiger partial charge is 0.326 e. The van der Waals surface area contributed by atoms with Gasteiger partial charge in [0.25, 0.3) is 0 Å². The minimum Gasteiger partial charge on any atom is -0.497 e. The number of para-hydroxylation sites is 2. The largest absolute Gasteiger partial charge is 0.497 e. The molecule has 0 spiro atoms. The van der Waals surface area contributed by atoms with Crippen LogP contribution in [-0.4, -0.2) is 20.2 Å². The molecule has 4 nitrogen and oxygen atoms in total. The van der Waals surface area contributed by atoms with Crippen LogP contribution >= 0.6 is 0 Å². The van der Waals surface area contributed by atoms with E-state index in [1.54, 1.807) is 17.6 Å². The van der Waals surface area contributed by atoms with Gasteiger partial charge in [-0.3, -0.25) is 4.90 Å². The third-order valence-electron chi connectivity index (χ3n) is 9.40. The fraction of sp³-hybridized carbons (Fsp3) is 0.364. The zero-order valence-corrected chi connectivity index (χ0v) is 22.0. The van der Waals surface area contributed by atoms with E-state index in [9.17, 15) is 4.79 Å². The van der Waals surface area contributed by atoms with Crippen LogP contribution in [0.25, 0.3) is 5.57 Å². The summed E-state index contributed by atoms with van der Waals surface area (Å²) in [4.78, 5) is 14.9. The third-order valence-corrected chi connectivity index (χ3v) is 9.40. The zero-order valence-electron chi connectivity index (χ0n) is 22.0. The molecule has 0 radical (unpaired) electrons. The van der Waals surface area contributed by atoms with Gasteiger partial charge in [0.1, 0.15) is 5.75 Å². The molecule has 0 bridgehead atoms. The molecule has 0 aromatic heterocycles. The number of methoxy groups -OCH3 is 1. The Morgan fingerprint density at radius 1 is 1.03 bits per heavy atom. The average molecular weight is 493 g/mol. The zero-order chi connectivity index (χ0) is 25.6. The van der Waals surface area contributed by atoms with Crippen LogP contribution < -0.4 is 15.0 Å². The molecule has 0 unspecified atom stereocenters. The molecule has 0 aliphatic heterocycles.